The van der Waals surface area contributed by atoms with Crippen LogP contribution in [0.25, 0.3) is 33.1 Å². The van der Waals surface area contributed by atoms with E-state index in [-0.39, 0.29) is 0 Å². The summed E-state index contributed by atoms with van der Waals surface area (Å²) in [6, 6.07) is 23.3. The van der Waals surface area contributed by atoms with Crippen molar-refractivity contribution in [1.29, 1.82) is 0 Å². The zero-order valence-corrected chi connectivity index (χ0v) is 12.8. The Bertz CT molecular complexity index is 946. The number of hydrogen-bond acceptors (Lipinski definition) is 1. The summed E-state index contributed by atoms with van der Waals surface area (Å²) >= 11 is 0. The van der Waals surface area contributed by atoms with Gasteiger partial charge in [0.2, 0.25) is 0 Å². The van der Waals surface area contributed by atoms with Crippen LogP contribution in [0.4, 0.5) is 0 Å². The van der Waals surface area contributed by atoms with Gasteiger partial charge in [0, 0.05) is 16.3 Å². The van der Waals surface area contributed by atoms with Gasteiger partial charge in [-0.1, -0.05) is 62.4 Å². The molecule has 0 atom stereocenters. The van der Waals surface area contributed by atoms with Crippen LogP contribution in [0.5, 0.6) is 0 Å². The van der Waals surface area contributed by atoms with Gasteiger partial charge in [-0.15, -0.1) is 0 Å². The van der Waals surface area contributed by atoms with E-state index in [2.05, 4.69) is 62.4 Å². The summed E-state index contributed by atoms with van der Waals surface area (Å²) in [6.45, 7) is 4.47. The number of rotatable bonds is 2. The SMILES string of the molecule is CC(C)c1cc(-c2ccccc2)c2oc3ccccc3c2c1. The summed E-state index contributed by atoms with van der Waals surface area (Å²) in [7, 11) is 0. The fourth-order valence-corrected chi connectivity index (χ4v) is 3.01. The van der Waals surface area contributed by atoms with Gasteiger partial charge in [0.15, 0.2) is 0 Å². The van der Waals surface area contributed by atoms with Gasteiger partial charge in [-0.3, -0.25) is 0 Å². The highest BCUT2D eigenvalue weighted by atomic mass is 16.3. The molecule has 0 saturated carbocycles. The molecule has 3 aromatic carbocycles. The molecule has 4 rings (SSSR count). The molecule has 0 N–H and O–H groups in total. The summed E-state index contributed by atoms with van der Waals surface area (Å²) in [5, 5.41) is 2.40. The van der Waals surface area contributed by atoms with Gasteiger partial charge < -0.3 is 4.42 Å². The van der Waals surface area contributed by atoms with E-state index >= 15 is 0 Å². The Hall–Kier alpha value is -2.54. The van der Waals surface area contributed by atoms with Crippen molar-refractivity contribution >= 4 is 21.9 Å². The van der Waals surface area contributed by atoms with Gasteiger partial charge in [0.25, 0.3) is 0 Å². The molecule has 4 aromatic rings. The van der Waals surface area contributed by atoms with Crippen LogP contribution < -0.4 is 0 Å². The van der Waals surface area contributed by atoms with E-state index in [0.29, 0.717) is 5.92 Å². The van der Waals surface area contributed by atoms with Gasteiger partial charge in [-0.25, -0.2) is 0 Å². The first-order chi connectivity index (χ1) is 10.7. The smallest absolute Gasteiger partial charge is 0.143 e. The lowest BCUT2D eigenvalue weighted by atomic mass is 9.94. The third-order valence-electron chi connectivity index (χ3n) is 4.25. The Morgan fingerprint density at radius 1 is 0.773 bits per heavy atom. The molecule has 1 aromatic heterocycles. The molecule has 0 unspecified atom stereocenters. The monoisotopic (exact) mass is 286 g/mol. The van der Waals surface area contributed by atoms with Crippen LogP contribution in [0.3, 0.4) is 0 Å². The maximum Gasteiger partial charge on any atom is 0.143 e. The van der Waals surface area contributed by atoms with E-state index < -0.39 is 0 Å². The fourth-order valence-electron chi connectivity index (χ4n) is 3.01. The Kier molecular flexibility index (Phi) is 3.00. The molecule has 22 heavy (non-hydrogen) atoms. The van der Waals surface area contributed by atoms with Crippen molar-refractivity contribution in [2.45, 2.75) is 19.8 Å². The molecule has 0 fully saturated rings. The molecule has 0 aliphatic rings. The van der Waals surface area contributed by atoms with E-state index in [1.54, 1.807) is 0 Å². The van der Waals surface area contributed by atoms with Crippen molar-refractivity contribution in [3.05, 3.63) is 72.3 Å². The second-order valence-electron chi connectivity index (χ2n) is 6.06. The second kappa shape index (κ2) is 5.03. The molecule has 0 amide bonds. The molecule has 0 spiro atoms. The summed E-state index contributed by atoms with van der Waals surface area (Å²) in [6.07, 6.45) is 0. The molecular weight excluding hydrogens is 268 g/mol. The zero-order chi connectivity index (χ0) is 15.1. The number of para-hydroxylation sites is 1. The highest BCUT2D eigenvalue weighted by Gasteiger charge is 2.14. The molecule has 1 heteroatoms. The van der Waals surface area contributed by atoms with Crippen LogP contribution in [0, 0.1) is 0 Å². The Balaban J connectivity index is 2.14. The lowest BCUT2D eigenvalue weighted by Crippen LogP contribution is -1.89. The third kappa shape index (κ3) is 2.01. The topological polar surface area (TPSA) is 13.1 Å². The minimum Gasteiger partial charge on any atom is -0.455 e. The van der Waals surface area contributed by atoms with Crippen LogP contribution in [0.1, 0.15) is 25.3 Å². The second-order valence-corrected chi connectivity index (χ2v) is 6.06. The molecule has 1 heterocycles. The van der Waals surface area contributed by atoms with Gasteiger partial charge in [0.1, 0.15) is 11.2 Å². The van der Waals surface area contributed by atoms with Gasteiger partial charge in [-0.2, -0.15) is 0 Å². The first kappa shape index (κ1) is 13.1. The standard InChI is InChI=1S/C21H18O/c1-14(2)16-12-18(15-8-4-3-5-9-15)21-19(13-16)17-10-6-7-11-20(17)22-21/h3-14H,1-2H3. The van der Waals surface area contributed by atoms with E-state index in [1.807, 2.05) is 18.2 Å². The molecule has 0 aliphatic carbocycles. The highest BCUT2D eigenvalue weighted by molar-refractivity contribution is 6.09. The number of benzene rings is 3. The average Bonchev–Trinajstić information content (AvgIpc) is 2.93. The number of fused-ring (bicyclic) bond motifs is 3. The van der Waals surface area contributed by atoms with Crippen LogP contribution in [-0.4, -0.2) is 0 Å². The summed E-state index contributed by atoms with van der Waals surface area (Å²) in [5.41, 5.74) is 5.66. The van der Waals surface area contributed by atoms with E-state index in [9.17, 15) is 0 Å². The van der Waals surface area contributed by atoms with Crippen molar-refractivity contribution in [1.82, 2.24) is 0 Å². The zero-order valence-electron chi connectivity index (χ0n) is 12.8. The normalized spacial score (nSPS) is 11.6. The van der Waals surface area contributed by atoms with E-state index in [0.717, 1.165) is 11.2 Å². The minimum absolute atomic E-state index is 0.487. The largest absolute Gasteiger partial charge is 0.455 e. The summed E-state index contributed by atoms with van der Waals surface area (Å²) in [4.78, 5) is 0. The third-order valence-corrected chi connectivity index (χ3v) is 4.25. The van der Waals surface area contributed by atoms with Crippen molar-refractivity contribution in [2.75, 3.05) is 0 Å². The van der Waals surface area contributed by atoms with Gasteiger partial charge in [0.05, 0.1) is 0 Å². The first-order valence-electron chi connectivity index (χ1n) is 7.74. The van der Waals surface area contributed by atoms with Crippen LogP contribution in [0.2, 0.25) is 0 Å². The molecular formula is C21H18O. The van der Waals surface area contributed by atoms with Crippen molar-refractivity contribution in [2.24, 2.45) is 0 Å². The number of furan rings is 1. The van der Waals surface area contributed by atoms with Crippen LogP contribution in [-0.2, 0) is 0 Å². The molecule has 0 radical (unpaired) electrons. The Morgan fingerprint density at radius 2 is 1.50 bits per heavy atom. The predicted octanol–water partition coefficient (Wildman–Crippen LogP) is 6.38. The predicted molar refractivity (Wildman–Crippen MR) is 93.2 cm³/mol. The average molecular weight is 286 g/mol. The van der Waals surface area contributed by atoms with Crippen LogP contribution >= 0.6 is 0 Å². The quantitative estimate of drug-likeness (QED) is 0.417. The molecule has 1 nitrogen and oxygen atoms in total. The van der Waals surface area contributed by atoms with Gasteiger partial charge >= 0.3 is 0 Å². The molecule has 0 saturated heterocycles. The summed E-state index contributed by atoms with van der Waals surface area (Å²) in [5.74, 6) is 0.487. The van der Waals surface area contributed by atoms with Crippen molar-refractivity contribution in [3.63, 3.8) is 0 Å². The van der Waals surface area contributed by atoms with Crippen LogP contribution in [0.15, 0.2) is 71.1 Å². The molecule has 0 aliphatic heterocycles. The number of hydrogen-bond donors (Lipinski definition) is 0. The highest BCUT2D eigenvalue weighted by Crippen LogP contribution is 2.38. The maximum absolute atomic E-state index is 6.17. The fraction of sp³-hybridized carbons (Fsp3) is 0.143. The lowest BCUT2D eigenvalue weighted by Gasteiger charge is -2.10. The minimum atomic E-state index is 0.487. The Labute approximate surface area is 130 Å². The Morgan fingerprint density at radius 3 is 2.27 bits per heavy atom. The van der Waals surface area contributed by atoms with Gasteiger partial charge in [-0.05, 0) is 35.2 Å². The summed E-state index contributed by atoms with van der Waals surface area (Å²) < 4.78 is 6.17. The van der Waals surface area contributed by atoms with Crippen molar-refractivity contribution < 1.29 is 4.42 Å². The first-order valence-corrected chi connectivity index (χ1v) is 7.74. The van der Waals surface area contributed by atoms with E-state index in [1.165, 1.54) is 27.5 Å². The molecule has 0 bridgehead atoms. The van der Waals surface area contributed by atoms with E-state index in [4.69, 9.17) is 4.42 Å². The van der Waals surface area contributed by atoms with Crippen molar-refractivity contribution in [3.8, 4) is 11.1 Å². The molecule has 108 valence electrons. The maximum atomic E-state index is 6.17. The lowest BCUT2D eigenvalue weighted by molar-refractivity contribution is 0.669.